The van der Waals surface area contributed by atoms with Crippen molar-refractivity contribution in [3.8, 4) is 0 Å². The zero-order valence-corrected chi connectivity index (χ0v) is 12.1. The first-order valence-corrected chi connectivity index (χ1v) is 7.63. The summed E-state index contributed by atoms with van der Waals surface area (Å²) in [5.74, 6) is -1.70. The van der Waals surface area contributed by atoms with Crippen molar-refractivity contribution in [2.75, 3.05) is 0 Å². The Bertz CT molecular complexity index is 551. The van der Waals surface area contributed by atoms with Crippen LogP contribution >= 0.6 is 11.3 Å². The van der Waals surface area contributed by atoms with E-state index in [9.17, 15) is 24.8 Å². The van der Waals surface area contributed by atoms with E-state index in [0.29, 0.717) is 0 Å². The molecular formula is C13H16N2O5S. The highest BCUT2D eigenvalue weighted by molar-refractivity contribution is 7.13. The van der Waals surface area contributed by atoms with Crippen LogP contribution in [0.1, 0.15) is 42.5 Å². The topological polar surface area (TPSA) is 110 Å². The molecule has 1 aromatic rings. The Morgan fingerprint density at radius 2 is 2.05 bits per heavy atom. The fourth-order valence-electron chi connectivity index (χ4n) is 2.61. The summed E-state index contributed by atoms with van der Waals surface area (Å²) in [6.07, 6.45) is 4.58. The van der Waals surface area contributed by atoms with Crippen molar-refractivity contribution in [2.45, 2.75) is 38.1 Å². The lowest BCUT2D eigenvalue weighted by Gasteiger charge is -2.27. The maximum absolute atomic E-state index is 12.0. The van der Waals surface area contributed by atoms with E-state index in [4.69, 9.17) is 0 Å². The molecule has 1 unspecified atom stereocenters. The Balaban J connectivity index is 2.06. The van der Waals surface area contributed by atoms with Gasteiger partial charge in [-0.15, -0.1) is 0 Å². The number of carbonyl (C=O) groups excluding carboxylic acids is 1. The molecule has 0 aliphatic heterocycles. The fraction of sp³-hybridized carbons (Fsp3) is 0.538. The summed E-state index contributed by atoms with van der Waals surface area (Å²) in [4.78, 5) is 33.4. The second kappa shape index (κ2) is 6.66. The summed E-state index contributed by atoms with van der Waals surface area (Å²) in [6.45, 7) is 0. The maximum atomic E-state index is 12.0. The number of nitrogens with zero attached hydrogens (tertiary/aromatic N) is 1. The van der Waals surface area contributed by atoms with Crippen molar-refractivity contribution < 1.29 is 19.6 Å². The average Bonchev–Trinajstić information content (AvgIpc) is 2.95. The summed E-state index contributed by atoms with van der Waals surface area (Å²) in [5.41, 5.74) is 0.133. The molecule has 1 aliphatic carbocycles. The number of carboxylic acids is 1. The van der Waals surface area contributed by atoms with Crippen LogP contribution in [0.3, 0.4) is 0 Å². The number of amides is 1. The van der Waals surface area contributed by atoms with Gasteiger partial charge in [-0.3, -0.25) is 14.9 Å². The first kappa shape index (κ1) is 15.4. The first-order valence-electron chi connectivity index (χ1n) is 6.75. The van der Waals surface area contributed by atoms with Crippen molar-refractivity contribution in [3.05, 3.63) is 27.1 Å². The largest absolute Gasteiger partial charge is 0.480 e. The third-order valence-electron chi connectivity index (χ3n) is 3.70. The zero-order valence-electron chi connectivity index (χ0n) is 11.3. The molecule has 1 atom stereocenters. The SMILES string of the molecule is O=C(NC(C(=O)O)C1CCCCC1)c1csc([N+](=O)[O-])c1. The number of hydrogen-bond donors (Lipinski definition) is 2. The van der Waals surface area contributed by atoms with Gasteiger partial charge in [0.15, 0.2) is 0 Å². The Hall–Kier alpha value is -1.96. The molecule has 1 amide bonds. The normalized spacial score (nSPS) is 17.1. The Labute approximate surface area is 125 Å². The predicted octanol–water partition coefficient (Wildman–Crippen LogP) is 2.42. The van der Waals surface area contributed by atoms with E-state index in [1.807, 2.05) is 0 Å². The molecule has 1 aliphatic rings. The van der Waals surface area contributed by atoms with Gasteiger partial charge in [-0.2, -0.15) is 0 Å². The number of hydrogen-bond acceptors (Lipinski definition) is 5. The molecule has 0 spiro atoms. The van der Waals surface area contributed by atoms with E-state index < -0.39 is 22.8 Å². The minimum Gasteiger partial charge on any atom is -0.480 e. The number of thiophene rings is 1. The van der Waals surface area contributed by atoms with Crippen LogP contribution < -0.4 is 5.32 Å². The van der Waals surface area contributed by atoms with E-state index in [1.54, 1.807) is 0 Å². The lowest BCUT2D eigenvalue weighted by atomic mass is 9.84. The fourth-order valence-corrected chi connectivity index (χ4v) is 3.32. The third-order valence-corrected chi connectivity index (χ3v) is 4.58. The minimum absolute atomic E-state index is 0.0752. The molecule has 2 N–H and O–H groups in total. The van der Waals surface area contributed by atoms with Gasteiger partial charge in [-0.25, -0.2) is 4.79 Å². The molecule has 0 aromatic carbocycles. The quantitative estimate of drug-likeness (QED) is 0.641. The summed E-state index contributed by atoms with van der Waals surface area (Å²) in [6, 6.07) is 0.233. The second-order valence-corrected chi connectivity index (χ2v) is 6.01. The Morgan fingerprint density at radius 3 is 2.57 bits per heavy atom. The van der Waals surface area contributed by atoms with Crippen LogP contribution in [0.15, 0.2) is 11.4 Å². The van der Waals surface area contributed by atoms with Crippen LogP contribution in [0.25, 0.3) is 0 Å². The molecule has 0 bridgehead atoms. The van der Waals surface area contributed by atoms with E-state index in [-0.39, 0.29) is 16.5 Å². The Morgan fingerprint density at radius 1 is 1.38 bits per heavy atom. The van der Waals surface area contributed by atoms with Crippen molar-refractivity contribution in [1.29, 1.82) is 0 Å². The van der Waals surface area contributed by atoms with E-state index >= 15 is 0 Å². The third kappa shape index (κ3) is 3.78. The first-order chi connectivity index (χ1) is 9.99. The second-order valence-electron chi connectivity index (χ2n) is 5.12. The van der Waals surface area contributed by atoms with E-state index in [1.165, 1.54) is 11.4 Å². The van der Waals surface area contributed by atoms with Crippen LogP contribution in [-0.2, 0) is 4.79 Å². The summed E-state index contributed by atoms with van der Waals surface area (Å²) >= 11 is 0.850. The standard InChI is InChI=1S/C13H16N2O5S/c16-12(9-6-10(15(19)20)21-7-9)14-11(13(17)18)8-4-2-1-3-5-8/h6-8,11H,1-5H2,(H,14,16)(H,17,18). The van der Waals surface area contributed by atoms with Crippen molar-refractivity contribution >= 4 is 28.2 Å². The van der Waals surface area contributed by atoms with Crippen molar-refractivity contribution in [2.24, 2.45) is 5.92 Å². The van der Waals surface area contributed by atoms with Crippen LogP contribution in [0.2, 0.25) is 0 Å². The molecular weight excluding hydrogens is 296 g/mol. The molecule has 1 aromatic heterocycles. The monoisotopic (exact) mass is 312 g/mol. The molecule has 0 radical (unpaired) electrons. The van der Waals surface area contributed by atoms with Crippen LogP contribution in [-0.4, -0.2) is 27.9 Å². The number of rotatable bonds is 5. The molecule has 1 heterocycles. The van der Waals surface area contributed by atoms with Crippen LogP contribution in [0, 0.1) is 16.0 Å². The number of carbonyl (C=O) groups is 2. The molecule has 1 fully saturated rings. The molecule has 7 nitrogen and oxygen atoms in total. The number of nitro groups is 1. The summed E-state index contributed by atoms with van der Waals surface area (Å²) < 4.78 is 0. The van der Waals surface area contributed by atoms with Crippen LogP contribution in [0.4, 0.5) is 5.00 Å². The van der Waals surface area contributed by atoms with Gasteiger partial charge in [0.1, 0.15) is 6.04 Å². The van der Waals surface area contributed by atoms with Crippen LogP contribution in [0.5, 0.6) is 0 Å². The van der Waals surface area contributed by atoms with Gasteiger partial charge in [-0.05, 0) is 18.8 Å². The molecule has 114 valence electrons. The lowest BCUT2D eigenvalue weighted by Crippen LogP contribution is -2.46. The molecule has 1 saturated carbocycles. The van der Waals surface area contributed by atoms with E-state index in [2.05, 4.69) is 5.32 Å². The average molecular weight is 312 g/mol. The number of aliphatic carboxylic acids is 1. The molecule has 21 heavy (non-hydrogen) atoms. The van der Waals surface area contributed by atoms with Gasteiger partial charge in [0.2, 0.25) is 0 Å². The molecule has 2 rings (SSSR count). The van der Waals surface area contributed by atoms with Gasteiger partial charge in [0, 0.05) is 11.4 Å². The predicted molar refractivity (Wildman–Crippen MR) is 76.4 cm³/mol. The molecule has 8 heteroatoms. The van der Waals surface area contributed by atoms with Crippen molar-refractivity contribution in [1.82, 2.24) is 5.32 Å². The zero-order chi connectivity index (χ0) is 15.4. The van der Waals surface area contributed by atoms with Gasteiger partial charge < -0.3 is 10.4 Å². The summed E-state index contributed by atoms with van der Waals surface area (Å²) in [7, 11) is 0. The van der Waals surface area contributed by atoms with E-state index in [0.717, 1.165) is 43.4 Å². The van der Waals surface area contributed by atoms with Gasteiger partial charge >= 0.3 is 11.0 Å². The number of nitrogens with one attached hydrogen (secondary N) is 1. The van der Waals surface area contributed by atoms with Crippen molar-refractivity contribution in [3.63, 3.8) is 0 Å². The van der Waals surface area contributed by atoms with Gasteiger partial charge in [0.25, 0.3) is 5.91 Å². The lowest BCUT2D eigenvalue weighted by molar-refractivity contribution is -0.380. The summed E-state index contributed by atoms with van der Waals surface area (Å²) in [5, 5.41) is 23.6. The highest BCUT2D eigenvalue weighted by Gasteiger charge is 2.31. The molecule has 0 saturated heterocycles. The highest BCUT2D eigenvalue weighted by atomic mass is 32.1. The minimum atomic E-state index is -1.06. The number of carboxylic acid groups (broad SMARTS) is 1. The maximum Gasteiger partial charge on any atom is 0.326 e. The Kier molecular flexibility index (Phi) is 4.89. The smallest absolute Gasteiger partial charge is 0.326 e. The van der Waals surface area contributed by atoms with Gasteiger partial charge in [0.05, 0.1) is 10.5 Å². The van der Waals surface area contributed by atoms with Gasteiger partial charge in [-0.1, -0.05) is 30.6 Å². The highest BCUT2D eigenvalue weighted by Crippen LogP contribution is 2.27.